The Morgan fingerprint density at radius 3 is 2.31 bits per heavy atom. The lowest BCUT2D eigenvalue weighted by Gasteiger charge is -2.34. The summed E-state index contributed by atoms with van der Waals surface area (Å²) in [5, 5.41) is 0. The molecule has 2 aromatic rings. The average molecular weight is 395 g/mol. The molecule has 1 aliphatic heterocycles. The molecule has 3 rings (SSSR count). The van der Waals surface area contributed by atoms with Gasteiger partial charge in [0.2, 0.25) is 0 Å². The van der Waals surface area contributed by atoms with E-state index in [0.29, 0.717) is 13.2 Å². The molecular weight excluding hydrogens is 364 g/mol. The second kappa shape index (κ2) is 11.3. The van der Waals surface area contributed by atoms with E-state index in [1.54, 1.807) is 6.08 Å². The van der Waals surface area contributed by atoms with Gasteiger partial charge in [0, 0.05) is 51.4 Å². The van der Waals surface area contributed by atoms with E-state index in [0.717, 1.165) is 56.9 Å². The summed E-state index contributed by atoms with van der Waals surface area (Å²) in [7, 11) is 0. The van der Waals surface area contributed by atoms with Crippen molar-refractivity contribution in [3.63, 3.8) is 0 Å². The molecule has 5 nitrogen and oxygen atoms in total. The minimum absolute atomic E-state index is 0.644. The third kappa shape index (κ3) is 6.95. The lowest BCUT2D eigenvalue weighted by Crippen LogP contribution is -2.43. The van der Waals surface area contributed by atoms with Crippen LogP contribution in [0.2, 0.25) is 0 Å². The number of hydrogen-bond acceptors (Lipinski definition) is 5. The van der Waals surface area contributed by atoms with Crippen LogP contribution >= 0.6 is 0 Å². The molecule has 0 unspecified atom stereocenters. The van der Waals surface area contributed by atoms with Crippen LogP contribution in [-0.4, -0.2) is 55.5 Å². The molecule has 5 heteroatoms. The number of carbonyl (C=O) groups excluding carboxylic acids is 1. The summed E-state index contributed by atoms with van der Waals surface area (Å²) in [6.45, 7) is 8.19. The van der Waals surface area contributed by atoms with Crippen molar-refractivity contribution in [2.75, 3.05) is 39.4 Å². The van der Waals surface area contributed by atoms with E-state index in [4.69, 9.17) is 9.47 Å². The number of carbonyl (C=O) groups is 1. The predicted molar refractivity (Wildman–Crippen MR) is 115 cm³/mol. The lowest BCUT2D eigenvalue weighted by molar-refractivity contribution is -0.104. The molecular formula is C24H30N2O3. The van der Waals surface area contributed by atoms with E-state index in [1.807, 2.05) is 37.4 Å². The first-order valence-corrected chi connectivity index (χ1v) is 10.3. The first-order valence-electron chi connectivity index (χ1n) is 10.3. The smallest absolute Gasteiger partial charge is 0.144 e. The van der Waals surface area contributed by atoms with E-state index in [9.17, 15) is 4.79 Å². The maximum atomic E-state index is 10.4. The summed E-state index contributed by atoms with van der Waals surface area (Å²) in [4.78, 5) is 15.1. The van der Waals surface area contributed by atoms with Gasteiger partial charge in [-0.15, -0.1) is 0 Å². The Morgan fingerprint density at radius 2 is 1.62 bits per heavy atom. The van der Waals surface area contributed by atoms with Crippen LogP contribution in [0.15, 0.2) is 60.8 Å². The van der Waals surface area contributed by atoms with E-state index < -0.39 is 0 Å². The van der Waals surface area contributed by atoms with Crippen LogP contribution in [-0.2, 0) is 17.8 Å². The first kappa shape index (κ1) is 20.9. The first-order chi connectivity index (χ1) is 14.3. The summed E-state index contributed by atoms with van der Waals surface area (Å²) in [5.41, 5.74) is 2.61. The SMILES string of the molecule is CCOc1cccc(OCCc2ccc(CN3CCN(C=CC=O)CC3)cc2)c1. The van der Waals surface area contributed by atoms with E-state index >= 15 is 0 Å². The van der Waals surface area contributed by atoms with Crippen LogP contribution in [0, 0.1) is 0 Å². The molecule has 154 valence electrons. The highest BCUT2D eigenvalue weighted by molar-refractivity contribution is 5.64. The number of rotatable bonds is 10. The third-order valence-electron chi connectivity index (χ3n) is 4.99. The molecule has 0 spiro atoms. The molecule has 0 N–H and O–H groups in total. The molecule has 2 aromatic carbocycles. The summed E-state index contributed by atoms with van der Waals surface area (Å²) >= 11 is 0. The summed E-state index contributed by atoms with van der Waals surface area (Å²) in [6.07, 6.45) is 5.15. The number of aldehydes is 1. The molecule has 1 aliphatic rings. The molecule has 1 saturated heterocycles. The Morgan fingerprint density at radius 1 is 0.931 bits per heavy atom. The Bertz CT molecular complexity index is 781. The van der Waals surface area contributed by atoms with Gasteiger partial charge in [0.1, 0.15) is 17.8 Å². The Kier molecular flexibility index (Phi) is 8.13. The number of ether oxygens (including phenoxy) is 2. The summed E-state index contributed by atoms with van der Waals surface area (Å²) < 4.78 is 11.4. The van der Waals surface area contributed by atoms with Crippen LogP contribution in [0.1, 0.15) is 18.1 Å². The number of nitrogens with zero attached hydrogens (tertiary/aromatic N) is 2. The van der Waals surface area contributed by atoms with Crippen molar-refractivity contribution < 1.29 is 14.3 Å². The molecule has 0 radical (unpaired) electrons. The molecule has 0 saturated carbocycles. The zero-order valence-corrected chi connectivity index (χ0v) is 17.1. The Balaban J connectivity index is 1.40. The maximum absolute atomic E-state index is 10.4. The monoisotopic (exact) mass is 394 g/mol. The fourth-order valence-corrected chi connectivity index (χ4v) is 3.40. The highest BCUT2D eigenvalue weighted by atomic mass is 16.5. The molecule has 29 heavy (non-hydrogen) atoms. The fourth-order valence-electron chi connectivity index (χ4n) is 3.40. The van der Waals surface area contributed by atoms with Gasteiger partial charge in [0.15, 0.2) is 0 Å². The van der Waals surface area contributed by atoms with Gasteiger partial charge < -0.3 is 14.4 Å². The number of benzene rings is 2. The number of piperazine rings is 1. The number of allylic oxidation sites excluding steroid dienone is 1. The zero-order valence-electron chi connectivity index (χ0n) is 17.1. The van der Waals surface area contributed by atoms with Gasteiger partial charge in [-0.1, -0.05) is 30.3 Å². The van der Waals surface area contributed by atoms with Crippen LogP contribution in [0.25, 0.3) is 0 Å². The van der Waals surface area contributed by atoms with Crippen molar-refractivity contribution >= 4 is 6.29 Å². The highest BCUT2D eigenvalue weighted by Crippen LogP contribution is 2.19. The summed E-state index contributed by atoms with van der Waals surface area (Å²) in [5.74, 6) is 1.68. The zero-order chi connectivity index (χ0) is 20.3. The van der Waals surface area contributed by atoms with Gasteiger partial charge in [-0.2, -0.15) is 0 Å². The largest absolute Gasteiger partial charge is 0.494 e. The van der Waals surface area contributed by atoms with Crippen LogP contribution in [0.5, 0.6) is 11.5 Å². The third-order valence-corrected chi connectivity index (χ3v) is 4.99. The van der Waals surface area contributed by atoms with Gasteiger partial charge >= 0.3 is 0 Å². The molecule has 0 bridgehead atoms. The average Bonchev–Trinajstić information content (AvgIpc) is 2.75. The van der Waals surface area contributed by atoms with Gasteiger partial charge in [-0.25, -0.2) is 0 Å². The van der Waals surface area contributed by atoms with Crippen LogP contribution in [0.3, 0.4) is 0 Å². The highest BCUT2D eigenvalue weighted by Gasteiger charge is 2.14. The molecule has 0 amide bonds. The number of hydrogen-bond donors (Lipinski definition) is 0. The second-order valence-electron chi connectivity index (χ2n) is 7.11. The van der Waals surface area contributed by atoms with Gasteiger partial charge in [0.25, 0.3) is 0 Å². The normalized spacial score (nSPS) is 14.9. The quantitative estimate of drug-likeness (QED) is 0.455. The van der Waals surface area contributed by atoms with Gasteiger partial charge in [-0.05, 0) is 36.3 Å². The minimum atomic E-state index is 0.644. The van der Waals surface area contributed by atoms with E-state index in [1.165, 1.54) is 11.1 Å². The predicted octanol–water partition coefficient (Wildman–Crippen LogP) is 3.54. The van der Waals surface area contributed by atoms with E-state index in [-0.39, 0.29) is 0 Å². The minimum Gasteiger partial charge on any atom is -0.494 e. The maximum Gasteiger partial charge on any atom is 0.144 e. The van der Waals surface area contributed by atoms with Crippen LogP contribution < -0.4 is 9.47 Å². The molecule has 0 aromatic heterocycles. The van der Waals surface area contributed by atoms with Crippen molar-refractivity contribution in [1.82, 2.24) is 9.80 Å². The lowest BCUT2D eigenvalue weighted by atomic mass is 10.1. The second-order valence-corrected chi connectivity index (χ2v) is 7.11. The molecule has 0 atom stereocenters. The fraction of sp³-hybridized carbons (Fsp3) is 0.375. The van der Waals surface area contributed by atoms with Crippen molar-refractivity contribution in [3.8, 4) is 11.5 Å². The van der Waals surface area contributed by atoms with Gasteiger partial charge in [-0.3, -0.25) is 9.69 Å². The molecule has 1 fully saturated rings. The van der Waals surface area contributed by atoms with Crippen molar-refractivity contribution in [2.45, 2.75) is 19.9 Å². The topological polar surface area (TPSA) is 42.0 Å². The van der Waals surface area contributed by atoms with Crippen LogP contribution in [0.4, 0.5) is 0 Å². The van der Waals surface area contributed by atoms with Crippen molar-refractivity contribution in [3.05, 3.63) is 71.9 Å². The standard InChI is InChI=1S/C24H30N2O3/c1-2-28-23-5-3-6-24(19-23)29-18-11-21-7-9-22(10-8-21)20-26-15-13-25(14-16-26)12-4-17-27/h3-10,12,17,19H,2,11,13-16,18,20H2,1H3. The van der Waals surface area contributed by atoms with Gasteiger partial charge in [0.05, 0.1) is 13.2 Å². The van der Waals surface area contributed by atoms with Crippen molar-refractivity contribution in [1.29, 1.82) is 0 Å². The van der Waals surface area contributed by atoms with Crippen molar-refractivity contribution in [2.24, 2.45) is 0 Å². The molecule has 0 aliphatic carbocycles. The van der Waals surface area contributed by atoms with E-state index in [2.05, 4.69) is 34.1 Å². The Hall–Kier alpha value is -2.79. The molecule has 1 heterocycles. The Labute approximate surface area is 173 Å². The summed E-state index contributed by atoms with van der Waals surface area (Å²) in [6, 6.07) is 16.6.